The van der Waals surface area contributed by atoms with E-state index < -0.39 is 17.4 Å². The van der Waals surface area contributed by atoms with Crippen molar-refractivity contribution in [1.29, 1.82) is 5.26 Å². The molecule has 0 N–H and O–H groups in total. The molecule has 0 unspecified atom stereocenters. The number of rotatable bonds is 1. The molecule has 0 aliphatic heterocycles. The van der Waals surface area contributed by atoms with Crippen LogP contribution in [0, 0.1) is 23.0 Å². The SMILES string of the molecule is COc1c(F)c(Br)cc(C#N)c1F. The molecule has 1 aromatic rings. The number of methoxy groups -OCH3 is 1. The molecule has 0 saturated heterocycles. The van der Waals surface area contributed by atoms with E-state index in [1.807, 2.05) is 0 Å². The Morgan fingerprint density at radius 2 is 2.08 bits per heavy atom. The lowest BCUT2D eigenvalue weighted by Gasteiger charge is -2.05. The van der Waals surface area contributed by atoms with Crippen molar-refractivity contribution in [3.05, 3.63) is 27.7 Å². The molecule has 1 aromatic carbocycles. The maximum absolute atomic E-state index is 13.1. The summed E-state index contributed by atoms with van der Waals surface area (Å²) in [4.78, 5) is 0. The van der Waals surface area contributed by atoms with Crippen molar-refractivity contribution in [3.8, 4) is 11.8 Å². The summed E-state index contributed by atoms with van der Waals surface area (Å²) in [6, 6.07) is 2.65. The van der Waals surface area contributed by atoms with E-state index in [1.165, 1.54) is 0 Å². The van der Waals surface area contributed by atoms with E-state index >= 15 is 0 Å². The van der Waals surface area contributed by atoms with Gasteiger partial charge in [0.25, 0.3) is 0 Å². The Morgan fingerprint density at radius 1 is 1.46 bits per heavy atom. The molecular formula is C8H4BrF2NO. The monoisotopic (exact) mass is 247 g/mol. The third kappa shape index (κ3) is 1.63. The van der Waals surface area contributed by atoms with Gasteiger partial charge in [-0.15, -0.1) is 0 Å². The van der Waals surface area contributed by atoms with Crippen LogP contribution in [0.3, 0.4) is 0 Å². The van der Waals surface area contributed by atoms with Gasteiger partial charge in [-0.05, 0) is 22.0 Å². The van der Waals surface area contributed by atoms with Crippen LogP contribution in [0.4, 0.5) is 8.78 Å². The predicted octanol–water partition coefficient (Wildman–Crippen LogP) is 2.61. The van der Waals surface area contributed by atoms with E-state index in [0.717, 1.165) is 13.2 Å². The van der Waals surface area contributed by atoms with Gasteiger partial charge in [-0.2, -0.15) is 5.26 Å². The first-order valence-corrected chi connectivity index (χ1v) is 4.02. The summed E-state index contributed by atoms with van der Waals surface area (Å²) in [7, 11) is 1.13. The summed E-state index contributed by atoms with van der Waals surface area (Å²) in [5.41, 5.74) is -0.259. The Kier molecular flexibility index (Phi) is 2.83. The minimum atomic E-state index is -0.981. The lowest BCUT2D eigenvalue weighted by molar-refractivity contribution is 0.358. The first-order valence-electron chi connectivity index (χ1n) is 3.23. The quantitative estimate of drug-likeness (QED) is 0.715. The zero-order valence-corrected chi connectivity index (χ0v) is 8.15. The van der Waals surface area contributed by atoms with Gasteiger partial charge in [-0.3, -0.25) is 0 Å². The Balaban J connectivity index is 3.50. The number of halogens is 3. The van der Waals surface area contributed by atoms with Crippen molar-refractivity contribution in [1.82, 2.24) is 0 Å². The summed E-state index contributed by atoms with van der Waals surface area (Å²) >= 11 is 2.84. The van der Waals surface area contributed by atoms with Crippen LogP contribution >= 0.6 is 15.9 Å². The molecule has 0 aliphatic rings. The lowest BCUT2D eigenvalue weighted by Crippen LogP contribution is -1.96. The van der Waals surface area contributed by atoms with Gasteiger partial charge < -0.3 is 4.74 Å². The van der Waals surface area contributed by atoms with E-state index in [-0.39, 0.29) is 10.0 Å². The topological polar surface area (TPSA) is 33.0 Å². The summed E-state index contributed by atoms with van der Waals surface area (Å²) in [5, 5.41) is 8.46. The van der Waals surface area contributed by atoms with Crippen molar-refractivity contribution in [3.63, 3.8) is 0 Å². The molecule has 0 amide bonds. The van der Waals surface area contributed by atoms with Crippen molar-refractivity contribution >= 4 is 15.9 Å². The zero-order chi connectivity index (χ0) is 10.0. The maximum atomic E-state index is 13.1. The van der Waals surface area contributed by atoms with Crippen LogP contribution in [0.1, 0.15) is 5.56 Å². The number of nitrogens with zero attached hydrogens (tertiary/aromatic N) is 1. The minimum Gasteiger partial charge on any atom is -0.491 e. The van der Waals surface area contributed by atoms with E-state index in [2.05, 4.69) is 20.7 Å². The van der Waals surface area contributed by atoms with Crippen LogP contribution in [0.15, 0.2) is 10.5 Å². The molecule has 0 spiro atoms. The van der Waals surface area contributed by atoms with Crippen LogP contribution in [0.5, 0.6) is 5.75 Å². The fraction of sp³-hybridized carbons (Fsp3) is 0.125. The highest BCUT2D eigenvalue weighted by molar-refractivity contribution is 9.10. The fourth-order valence-corrected chi connectivity index (χ4v) is 1.25. The first-order chi connectivity index (χ1) is 6.11. The molecule has 0 saturated carbocycles. The molecule has 2 nitrogen and oxygen atoms in total. The van der Waals surface area contributed by atoms with Crippen molar-refractivity contribution < 1.29 is 13.5 Å². The molecule has 5 heteroatoms. The van der Waals surface area contributed by atoms with Gasteiger partial charge in [0, 0.05) is 0 Å². The van der Waals surface area contributed by atoms with Crippen LogP contribution in [-0.2, 0) is 0 Å². The molecule has 0 radical (unpaired) electrons. The normalized spacial score (nSPS) is 9.46. The highest BCUT2D eigenvalue weighted by Crippen LogP contribution is 2.30. The molecule has 13 heavy (non-hydrogen) atoms. The third-order valence-electron chi connectivity index (χ3n) is 1.44. The Bertz CT molecular complexity index is 387. The molecular weight excluding hydrogens is 244 g/mol. The number of hydrogen-bond acceptors (Lipinski definition) is 2. The summed E-state index contributed by atoms with van der Waals surface area (Å²) in [6.07, 6.45) is 0. The van der Waals surface area contributed by atoms with E-state index in [1.54, 1.807) is 6.07 Å². The highest BCUT2D eigenvalue weighted by Gasteiger charge is 2.17. The fourth-order valence-electron chi connectivity index (χ4n) is 0.841. The highest BCUT2D eigenvalue weighted by atomic mass is 79.9. The maximum Gasteiger partial charge on any atom is 0.192 e. The average molecular weight is 248 g/mol. The van der Waals surface area contributed by atoms with E-state index in [4.69, 9.17) is 5.26 Å². The number of benzene rings is 1. The van der Waals surface area contributed by atoms with Crippen LogP contribution in [0.2, 0.25) is 0 Å². The second kappa shape index (κ2) is 3.71. The second-order valence-corrected chi connectivity index (χ2v) is 3.03. The van der Waals surface area contributed by atoms with Crippen molar-refractivity contribution in [2.75, 3.05) is 7.11 Å². The van der Waals surface area contributed by atoms with E-state index in [9.17, 15) is 8.78 Å². The lowest BCUT2D eigenvalue weighted by atomic mass is 10.2. The van der Waals surface area contributed by atoms with Crippen LogP contribution in [-0.4, -0.2) is 7.11 Å². The number of nitriles is 1. The van der Waals surface area contributed by atoms with Gasteiger partial charge in [-0.25, -0.2) is 8.78 Å². The zero-order valence-electron chi connectivity index (χ0n) is 6.57. The summed E-state index contributed by atoms with van der Waals surface area (Å²) in [6.45, 7) is 0. The van der Waals surface area contributed by atoms with Gasteiger partial charge in [0.1, 0.15) is 6.07 Å². The van der Waals surface area contributed by atoms with E-state index in [0.29, 0.717) is 0 Å². The first kappa shape index (κ1) is 9.93. The summed E-state index contributed by atoms with van der Waals surface area (Å²) in [5.74, 6) is -2.38. The second-order valence-electron chi connectivity index (χ2n) is 2.18. The predicted molar refractivity (Wildman–Crippen MR) is 45.3 cm³/mol. The molecule has 0 heterocycles. The molecule has 0 atom stereocenters. The molecule has 0 aliphatic carbocycles. The minimum absolute atomic E-state index is 0.00213. The number of hydrogen-bond donors (Lipinski definition) is 0. The van der Waals surface area contributed by atoms with Crippen molar-refractivity contribution in [2.45, 2.75) is 0 Å². The smallest absolute Gasteiger partial charge is 0.192 e. The molecule has 0 fully saturated rings. The Labute approximate surface area is 81.9 Å². The molecule has 68 valence electrons. The number of ether oxygens (including phenoxy) is 1. The third-order valence-corrected chi connectivity index (χ3v) is 2.02. The average Bonchev–Trinajstić information content (AvgIpc) is 2.12. The standard InChI is InChI=1S/C8H4BrF2NO/c1-13-8-6(10)4(3-12)2-5(9)7(8)11/h2H,1H3. The molecule has 1 rings (SSSR count). The van der Waals surface area contributed by atoms with Crippen LogP contribution < -0.4 is 4.74 Å². The van der Waals surface area contributed by atoms with Gasteiger partial charge in [0.2, 0.25) is 0 Å². The molecule has 0 aromatic heterocycles. The molecule has 0 bridgehead atoms. The van der Waals surface area contributed by atoms with Gasteiger partial charge in [0.15, 0.2) is 17.4 Å². The van der Waals surface area contributed by atoms with Gasteiger partial charge in [0.05, 0.1) is 17.1 Å². The van der Waals surface area contributed by atoms with Crippen molar-refractivity contribution in [2.24, 2.45) is 0 Å². The summed E-state index contributed by atoms with van der Waals surface area (Å²) < 4.78 is 30.6. The Morgan fingerprint density at radius 3 is 2.54 bits per heavy atom. The van der Waals surface area contributed by atoms with Crippen LogP contribution in [0.25, 0.3) is 0 Å². The van der Waals surface area contributed by atoms with Gasteiger partial charge >= 0.3 is 0 Å². The Hall–Kier alpha value is -1.15. The van der Waals surface area contributed by atoms with Gasteiger partial charge in [-0.1, -0.05) is 0 Å². The largest absolute Gasteiger partial charge is 0.491 e.